The zero-order valence-electron chi connectivity index (χ0n) is 19.7. The molecule has 2 aromatic heterocycles. The highest BCUT2D eigenvalue weighted by Gasteiger charge is 2.24. The number of hydrogen-bond donors (Lipinski definition) is 0. The third kappa shape index (κ3) is 3.87. The number of carbonyl (C=O) groups is 1. The fraction of sp³-hybridized carbons (Fsp3) is 0.231. The lowest BCUT2D eigenvalue weighted by Gasteiger charge is -2.18. The van der Waals surface area contributed by atoms with E-state index in [1.54, 1.807) is 31.2 Å². The highest BCUT2D eigenvalue weighted by molar-refractivity contribution is 6.02. The highest BCUT2D eigenvalue weighted by atomic mass is 16.5. The Bertz CT molecular complexity index is 1550. The molecule has 4 rings (SSSR count). The van der Waals surface area contributed by atoms with E-state index in [4.69, 9.17) is 9.47 Å². The third-order valence-electron chi connectivity index (χ3n) is 5.79. The minimum Gasteiger partial charge on any atom is -0.495 e. The Balaban J connectivity index is 2.18. The van der Waals surface area contributed by atoms with Gasteiger partial charge < -0.3 is 9.47 Å². The molecular formula is C26H25N3O5. The molecule has 0 aliphatic rings. The minimum atomic E-state index is -0.684. The van der Waals surface area contributed by atoms with E-state index < -0.39 is 17.2 Å². The van der Waals surface area contributed by atoms with Gasteiger partial charge in [-0.2, -0.15) is 0 Å². The van der Waals surface area contributed by atoms with Gasteiger partial charge in [0.2, 0.25) is 0 Å². The molecule has 0 radical (unpaired) electrons. The van der Waals surface area contributed by atoms with Crippen LogP contribution in [-0.4, -0.2) is 34.3 Å². The van der Waals surface area contributed by atoms with Crippen molar-refractivity contribution >= 4 is 17.0 Å². The van der Waals surface area contributed by atoms with E-state index in [1.165, 1.54) is 24.9 Å². The first-order chi connectivity index (χ1) is 16.3. The summed E-state index contributed by atoms with van der Waals surface area (Å²) in [5.74, 6) is -0.262. The summed E-state index contributed by atoms with van der Waals surface area (Å²) in [5.41, 5.74) is 2.56. The van der Waals surface area contributed by atoms with E-state index >= 15 is 0 Å². The van der Waals surface area contributed by atoms with Crippen LogP contribution in [-0.2, 0) is 11.3 Å². The lowest BCUT2D eigenvalue weighted by atomic mass is 10.1. The molecule has 0 fully saturated rings. The summed E-state index contributed by atoms with van der Waals surface area (Å²) in [4.78, 5) is 44.7. The predicted octanol–water partition coefficient (Wildman–Crippen LogP) is 3.32. The molecule has 0 N–H and O–H groups in total. The number of rotatable bonds is 5. The number of esters is 1. The highest BCUT2D eigenvalue weighted by Crippen LogP contribution is 2.25. The van der Waals surface area contributed by atoms with Gasteiger partial charge in [-0.15, -0.1) is 0 Å². The first-order valence-electron chi connectivity index (χ1n) is 10.7. The van der Waals surface area contributed by atoms with Gasteiger partial charge in [0, 0.05) is 5.69 Å². The molecule has 0 amide bonds. The fourth-order valence-electron chi connectivity index (χ4n) is 4.05. The van der Waals surface area contributed by atoms with Crippen molar-refractivity contribution in [1.29, 1.82) is 0 Å². The molecular weight excluding hydrogens is 434 g/mol. The number of carbonyl (C=O) groups excluding carboxylic acids is 1. The minimum absolute atomic E-state index is 0.00765. The van der Waals surface area contributed by atoms with Crippen LogP contribution in [0, 0.1) is 20.8 Å². The quantitative estimate of drug-likeness (QED) is 0.425. The van der Waals surface area contributed by atoms with Crippen LogP contribution in [0.15, 0.2) is 58.1 Å². The van der Waals surface area contributed by atoms with Crippen LogP contribution in [0.1, 0.15) is 32.7 Å². The van der Waals surface area contributed by atoms with Crippen LogP contribution in [0.25, 0.3) is 16.7 Å². The van der Waals surface area contributed by atoms with Gasteiger partial charge >= 0.3 is 11.7 Å². The molecule has 0 bridgehead atoms. The molecule has 0 spiro atoms. The Kier molecular flexibility index (Phi) is 6.06. The van der Waals surface area contributed by atoms with Gasteiger partial charge in [-0.3, -0.25) is 9.36 Å². The Hall–Kier alpha value is -4.20. The summed E-state index contributed by atoms with van der Waals surface area (Å²) < 4.78 is 12.9. The van der Waals surface area contributed by atoms with E-state index in [9.17, 15) is 14.4 Å². The van der Waals surface area contributed by atoms with Gasteiger partial charge in [-0.25, -0.2) is 19.1 Å². The van der Waals surface area contributed by atoms with Crippen molar-refractivity contribution in [1.82, 2.24) is 14.1 Å². The maximum Gasteiger partial charge on any atom is 0.338 e. The Morgan fingerprint density at radius 1 is 1.00 bits per heavy atom. The number of fused-ring (bicyclic) bond motifs is 1. The molecule has 2 aromatic carbocycles. The van der Waals surface area contributed by atoms with Gasteiger partial charge in [0.05, 0.1) is 37.4 Å². The third-order valence-corrected chi connectivity index (χ3v) is 5.79. The first kappa shape index (κ1) is 23.0. The summed E-state index contributed by atoms with van der Waals surface area (Å²) in [7, 11) is 2.74. The smallest absolute Gasteiger partial charge is 0.338 e. The average Bonchev–Trinajstić information content (AvgIpc) is 2.83. The summed E-state index contributed by atoms with van der Waals surface area (Å²) in [5, 5.41) is 0.00765. The summed E-state index contributed by atoms with van der Waals surface area (Å²) >= 11 is 0. The van der Waals surface area contributed by atoms with Gasteiger partial charge in [-0.05, 0) is 50.1 Å². The number of aromatic nitrogens is 3. The fourth-order valence-corrected chi connectivity index (χ4v) is 4.05. The van der Waals surface area contributed by atoms with E-state index in [1.807, 2.05) is 32.0 Å². The topological polar surface area (TPSA) is 92.4 Å². The number of hydrogen-bond acceptors (Lipinski definition) is 6. The molecule has 0 unspecified atom stereocenters. The standard InChI is InChI=1S/C26H25N3O5/c1-15-10-11-16(2)18(12-15)14-28-24(30)22-19(25(31)34-5)13-17(3)27-23(22)29(26(28)32)20-8-6-7-9-21(20)33-4/h6-13H,14H2,1-5H3. The van der Waals surface area contributed by atoms with Crippen molar-refractivity contribution < 1.29 is 14.3 Å². The normalized spacial score (nSPS) is 11.0. The van der Waals surface area contributed by atoms with Crippen molar-refractivity contribution in [2.45, 2.75) is 27.3 Å². The molecule has 0 atom stereocenters. The van der Waals surface area contributed by atoms with Crippen molar-refractivity contribution in [3.63, 3.8) is 0 Å². The lowest BCUT2D eigenvalue weighted by Crippen LogP contribution is -2.41. The van der Waals surface area contributed by atoms with Crippen molar-refractivity contribution in [3.8, 4) is 11.4 Å². The molecule has 0 saturated carbocycles. The van der Waals surface area contributed by atoms with Crippen LogP contribution in [0.4, 0.5) is 0 Å². The monoisotopic (exact) mass is 459 g/mol. The molecule has 0 aliphatic heterocycles. The number of aryl methyl sites for hydroxylation is 3. The number of nitrogens with zero attached hydrogens (tertiary/aromatic N) is 3. The number of ether oxygens (including phenoxy) is 2. The Morgan fingerprint density at radius 3 is 2.44 bits per heavy atom. The summed E-state index contributed by atoms with van der Waals surface area (Å²) in [6, 6.07) is 14.3. The molecule has 4 aromatic rings. The largest absolute Gasteiger partial charge is 0.495 e. The number of methoxy groups -OCH3 is 2. The van der Waals surface area contributed by atoms with Crippen LogP contribution in [0.3, 0.4) is 0 Å². The predicted molar refractivity (Wildman–Crippen MR) is 129 cm³/mol. The Morgan fingerprint density at radius 2 is 1.74 bits per heavy atom. The molecule has 2 heterocycles. The van der Waals surface area contributed by atoms with E-state index in [0.29, 0.717) is 17.1 Å². The second-order valence-corrected chi connectivity index (χ2v) is 8.11. The van der Waals surface area contributed by atoms with Gasteiger partial charge in [0.25, 0.3) is 5.56 Å². The van der Waals surface area contributed by atoms with Crippen molar-refractivity contribution in [2.24, 2.45) is 0 Å². The van der Waals surface area contributed by atoms with Crippen LogP contribution in [0.5, 0.6) is 5.75 Å². The second kappa shape index (κ2) is 8.97. The van der Waals surface area contributed by atoms with Crippen LogP contribution >= 0.6 is 0 Å². The van der Waals surface area contributed by atoms with E-state index in [0.717, 1.165) is 21.3 Å². The Labute approximate surface area is 196 Å². The number of pyridine rings is 1. The van der Waals surface area contributed by atoms with Gasteiger partial charge in [0.15, 0.2) is 5.65 Å². The maximum absolute atomic E-state index is 13.8. The van der Waals surface area contributed by atoms with Crippen LogP contribution in [0.2, 0.25) is 0 Å². The number of benzene rings is 2. The lowest BCUT2D eigenvalue weighted by molar-refractivity contribution is 0.0602. The zero-order valence-corrected chi connectivity index (χ0v) is 19.7. The van der Waals surface area contributed by atoms with Crippen LogP contribution < -0.4 is 16.0 Å². The summed E-state index contributed by atoms with van der Waals surface area (Å²) in [6.45, 7) is 5.58. The van der Waals surface area contributed by atoms with Crippen molar-refractivity contribution in [3.05, 3.63) is 97.3 Å². The van der Waals surface area contributed by atoms with Crippen molar-refractivity contribution in [2.75, 3.05) is 14.2 Å². The molecule has 174 valence electrons. The molecule has 8 heteroatoms. The van der Waals surface area contributed by atoms with Gasteiger partial charge in [-0.1, -0.05) is 35.9 Å². The second-order valence-electron chi connectivity index (χ2n) is 8.11. The average molecular weight is 460 g/mol. The van der Waals surface area contributed by atoms with E-state index in [-0.39, 0.29) is 23.1 Å². The maximum atomic E-state index is 13.8. The first-order valence-corrected chi connectivity index (χ1v) is 10.7. The molecule has 34 heavy (non-hydrogen) atoms. The zero-order chi connectivity index (χ0) is 24.6. The number of para-hydroxylation sites is 2. The molecule has 0 aliphatic carbocycles. The SMILES string of the molecule is COC(=O)c1cc(C)nc2c1c(=O)n(Cc1cc(C)ccc1C)c(=O)n2-c1ccccc1OC. The summed E-state index contributed by atoms with van der Waals surface area (Å²) in [6.07, 6.45) is 0. The van der Waals surface area contributed by atoms with E-state index in [2.05, 4.69) is 4.98 Å². The molecule has 0 saturated heterocycles. The molecule has 8 nitrogen and oxygen atoms in total. The van der Waals surface area contributed by atoms with Gasteiger partial charge in [0.1, 0.15) is 5.75 Å².